The van der Waals surface area contributed by atoms with Crippen LogP contribution in [0, 0.1) is 11.8 Å². The molecule has 3 rings (SSSR count). The number of cyclic esters (lactones) is 1. The molecule has 1 saturated heterocycles. The number of hydrogen-bond donors (Lipinski definition) is 1. The molecule has 1 aromatic carbocycles. The topological polar surface area (TPSA) is 106 Å². The molecule has 1 aromatic heterocycles. The van der Waals surface area contributed by atoms with Crippen LogP contribution in [-0.4, -0.2) is 47.2 Å². The van der Waals surface area contributed by atoms with Crippen molar-refractivity contribution in [3.8, 4) is 0 Å². The van der Waals surface area contributed by atoms with Crippen LogP contribution >= 0.6 is 15.9 Å². The number of rotatable bonds is 11. The van der Waals surface area contributed by atoms with Crippen LogP contribution < -0.4 is 0 Å². The second-order valence-corrected chi connectivity index (χ2v) is 9.88. The Morgan fingerprint density at radius 3 is 2.57 bits per heavy atom. The summed E-state index contributed by atoms with van der Waals surface area (Å²) in [5, 5.41) is 9.09. The Bertz CT molecular complexity index is 1020. The summed E-state index contributed by atoms with van der Waals surface area (Å²) in [5.41, 5.74) is 0.852. The number of aliphatic hydroxyl groups is 1. The van der Waals surface area contributed by atoms with Gasteiger partial charge in [-0.3, -0.25) is 9.59 Å². The average Bonchev–Trinajstić information content (AvgIpc) is 3.39. The number of halogens is 1. The monoisotopic (exact) mass is 549 g/mol. The zero-order chi connectivity index (χ0) is 25.5. The Hall–Kier alpha value is -2.65. The number of hydrogen-bond acceptors (Lipinski definition) is 7. The highest BCUT2D eigenvalue weighted by Gasteiger charge is 2.46. The lowest BCUT2D eigenvalue weighted by Crippen LogP contribution is -2.47. The number of imide groups is 1. The number of aryl methyl sites for hydroxylation is 1. The molecule has 0 bridgehead atoms. The summed E-state index contributed by atoms with van der Waals surface area (Å²) in [4.78, 5) is 39.8. The van der Waals surface area contributed by atoms with Crippen LogP contribution in [0.1, 0.15) is 56.8 Å². The third-order valence-electron chi connectivity index (χ3n) is 6.06. The van der Waals surface area contributed by atoms with Gasteiger partial charge in [-0.25, -0.2) is 9.69 Å². The van der Waals surface area contributed by atoms with E-state index >= 15 is 0 Å². The number of esters is 1. The van der Waals surface area contributed by atoms with Gasteiger partial charge in [0.15, 0.2) is 6.10 Å². The summed E-state index contributed by atoms with van der Waals surface area (Å²) in [6.45, 7) is 5.33. The number of furan rings is 1. The van der Waals surface area contributed by atoms with Crippen LogP contribution in [0.4, 0.5) is 4.79 Å². The molecule has 35 heavy (non-hydrogen) atoms. The number of carbonyl (C=O) groups excluding carboxylic acids is 3. The average molecular weight is 550 g/mol. The van der Waals surface area contributed by atoms with Gasteiger partial charge in [-0.2, -0.15) is 0 Å². The molecular weight excluding hydrogens is 518 g/mol. The van der Waals surface area contributed by atoms with Gasteiger partial charge in [0, 0.05) is 20.0 Å². The maximum Gasteiger partial charge on any atom is 0.416 e. The zero-order valence-corrected chi connectivity index (χ0v) is 21.8. The largest absolute Gasteiger partial charge is 0.461 e. The molecule has 8 nitrogen and oxygen atoms in total. The first-order valence-corrected chi connectivity index (χ1v) is 12.6. The Labute approximate surface area is 213 Å². The first-order chi connectivity index (χ1) is 16.7. The van der Waals surface area contributed by atoms with Crippen molar-refractivity contribution in [2.24, 2.45) is 11.8 Å². The van der Waals surface area contributed by atoms with E-state index < -0.39 is 36.0 Å². The predicted molar refractivity (Wildman–Crippen MR) is 131 cm³/mol. The Morgan fingerprint density at radius 1 is 1.23 bits per heavy atom. The highest BCUT2D eigenvalue weighted by molar-refractivity contribution is 9.10. The molecule has 2 heterocycles. The second kappa shape index (κ2) is 12.4. The van der Waals surface area contributed by atoms with Crippen molar-refractivity contribution < 1.29 is 33.4 Å². The summed E-state index contributed by atoms with van der Waals surface area (Å²) in [6, 6.07) is 10.7. The van der Waals surface area contributed by atoms with Gasteiger partial charge in [0.05, 0.1) is 16.4 Å². The summed E-state index contributed by atoms with van der Waals surface area (Å²) >= 11 is 3.50. The van der Waals surface area contributed by atoms with Crippen molar-refractivity contribution in [2.75, 3.05) is 13.2 Å². The number of benzene rings is 1. The number of aliphatic hydroxyl groups excluding tert-OH is 1. The van der Waals surface area contributed by atoms with Crippen molar-refractivity contribution in [2.45, 2.75) is 58.6 Å². The third kappa shape index (κ3) is 6.73. The summed E-state index contributed by atoms with van der Waals surface area (Å²) in [7, 11) is 0. The first kappa shape index (κ1) is 26.9. The van der Waals surface area contributed by atoms with E-state index in [9.17, 15) is 14.4 Å². The maximum atomic E-state index is 13.9. The van der Waals surface area contributed by atoms with Gasteiger partial charge in [-0.15, -0.1) is 0 Å². The van der Waals surface area contributed by atoms with Gasteiger partial charge in [0.25, 0.3) is 0 Å². The van der Waals surface area contributed by atoms with E-state index in [1.807, 2.05) is 44.2 Å². The number of carbonyl (C=O) groups is 3. The van der Waals surface area contributed by atoms with E-state index in [0.717, 1.165) is 10.5 Å². The van der Waals surface area contributed by atoms with Gasteiger partial charge in [0.2, 0.25) is 5.91 Å². The minimum Gasteiger partial charge on any atom is -0.461 e. The summed E-state index contributed by atoms with van der Waals surface area (Å²) in [6.07, 6.45) is 0.382. The molecule has 3 atom stereocenters. The van der Waals surface area contributed by atoms with Crippen molar-refractivity contribution in [1.82, 2.24) is 4.90 Å². The predicted octanol–water partition coefficient (Wildman–Crippen LogP) is 4.82. The molecule has 2 amide bonds. The number of nitrogens with zero attached hydrogens (tertiary/aromatic N) is 1. The molecule has 1 aliphatic rings. The fourth-order valence-electron chi connectivity index (χ4n) is 4.20. The molecule has 9 heteroatoms. The number of unbranched alkanes of at least 4 members (excludes halogenated alkanes) is 1. The molecule has 3 unspecified atom stereocenters. The van der Waals surface area contributed by atoms with Crippen molar-refractivity contribution in [3.63, 3.8) is 0 Å². The lowest BCUT2D eigenvalue weighted by molar-refractivity contribution is -0.155. The smallest absolute Gasteiger partial charge is 0.416 e. The quantitative estimate of drug-likeness (QED) is 0.316. The minimum absolute atomic E-state index is 0.00849. The van der Waals surface area contributed by atoms with Gasteiger partial charge in [0.1, 0.15) is 18.1 Å². The lowest BCUT2D eigenvalue weighted by atomic mass is 9.90. The fraction of sp³-hybridized carbons (Fsp3) is 0.500. The Kier molecular flexibility index (Phi) is 9.51. The molecule has 0 radical (unpaired) electrons. The molecule has 0 aliphatic carbocycles. The highest BCUT2D eigenvalue weighted by Crippen LogP contribution is 2.37. The van der Waals surface area contributed by atoms with Crippen molar-refractivity contribution in [3.05, 3.63) is 58.0 Å². The maximum absolute atomic E-state index is 13.9. The standard InChI is InChI=1S/C26H32BrNO7/c1-16(2)21-15-33-26(32)28(21)25(31)19(13-18-9-5-4-6-10-18)24(34-17(3)30)23-14-20(27)22(35-23)11-7-8-12-29/h4-6,9-10,14,16,19,21,24,29H,7-8,11-13,15H2,1-3H3. The number of amides is 2. The van der Waals surface area contributed by atoms with Crippen LogP contribution in [0.25, 0.3) is 0 Å². The SMILES string of the molecule is CC(=O)OC(c1cc(Br)c(CCCCO)o1)C(Cc1ccccc1)C(=O)N1C(=O)OCC1C(C)C. The highest BCUT2D eigenvalue weighted by atomic mass is 79.9. The van der Waals surface area contributed by atoms with E-state index in [4.69, 9.17) is 19.0 Å². The molecule has 190 valence electrons. The van der Waals surface area contributed by atoms with Crippen LogP contribution in [-0.2, 0) is 31.9 Å². The molecule has 0 saturated carbocycles. The van der Waals surface area contributed by atoms with Crippen molar-refractivity contribution in [1.29, 1.82) is 0 Å². The molecule has 2 aromatic rings. The lowest BCUT2D eigenvalue weighted by Gasteiger charge is -2.30. The van der Waals surface area contributed by atoms with E-state index in [1.54, 1.807) is 6.07 Å². The number of ether oxygens (including phenoxy) is 2. The summed E-state index contributed by atoms with van der Waals surface area (Å²) in [5.74, 6) is -1.02. The normalized spacial score (nSPS) is 17.4. The van der Waals surface area contributed by atoms with Crippen LogP contribution in [0.2, 0.25) is 0 Å². The van der Waals surface area contributed by atoms with E-state index in [1.165, 1.54) is 6.92 Å². The first-order valence-electron chi connectivity index (χ1n) is 11.8. The molecule has 1 aliphatic heterocycles. The van der Waals surface area contributed by atoms with Crippen molar-refractivity contribution >= 4 is 33.9 Å². The van der Waals surface area contributed by atoms with E-state index in [-0.39, 0.29) is 25.6 Å². The van der Waals surface area contributed by atoms with Crippen LogP contribution in [0.3, 0.4) is 0 Å². The molecule has 0 spiro atoms. The van der Waals surface area contributed by atoms with Crippen LogP contribution in [0.5, 0.6) is 0 Å². The molecule has 1 N–H and O–H groups in total. The van der Waals surface area contributed by atoms with Gasteiger partial charge in [-0.05, 0) is 52.7 Å². The van der Waals surface area contributed by atoms with E-state index in [0.29, 0.717) is 35.3 Å². The zero-order valence-electron chi connectivity index (χ0n) is 20.2. The summed E-state index contributed by atoms with van der Waals surface area (Å²) < 4.78 is 17.6. The molecule has 1 fully saturated rings. The minimum atomic E-state index is -1.05. The van der Waals surface area contributed by atoms with E-state index in [2.05, 4.69) is 15.9 Å². The Morgan fingerprint density at radius 2 is 1.94 bits per heavy atom. The van der Waals surface area contributed by atoms with Gasteiger partial charge >= 0.3 is 12.1 Å². The second-order valence-electron chi connectivity index (χ2n) is 9.02. The molecular formula is C26H32BrNO7. The van der Waals surface area contributed by atoms with Gasteiger partial charge < -0.3 is 19.0 Å². The van der Waals surface area contributed by atoms with Gasteiger partial charge in [-0.1, -0.05) is 44.2 Å². The fourth-order valence-corrected chi connectivity index (χ4v) is 4.71. The third-order valence-corrected chi connectivity index (χ3v) is 6.73. The Balaban J connectivity index is 2.02. The van der Waals surface area contributed by atoms with Crippen LogP contribution in [0.15, 0.2) is 45.3 Å².